The normalized spacial score (nSPS) is 13.4. The van der Waals surface area contributed by atoms with E-state index < -0.39 is 0 Å². The maximum Gasteiger partial charge on any atom is 0.129 e. The Morgan fingerprint density at radius 2 is 1.95 bits per heavy atom. The second kappa shape index (κ2) is 5.22. The van der Waals surface area contributed by atoms with Gasteiger partial charge in [-0.25, -0.2) is 4.39 Å². The Kier molecular flexibility index (Phi) is 3.43. The highest BCUT2D eigenvalue weighted by atomic mass is 35.5. The zero-order valence-corrected chi connectivity index (χ0v) is 11.3. The first-order valence-electron chi connectivity index (χ1n) is 6.52. The molecular formula is C16H15ClFN. The van der Waals surface area contributed by atoms with Crippen LogP contribution in [0.2, 0.25) is 5.02 Å². The average molecular weight is 276 g/mol. The van der Waals surface area contributed by atoms with Crippen molar-refractivity contribution in [2.75, 3.05) is 5.32 Å². The lowest BCUT2D eigenvalue weighted by atomic mass is 10.1. The monoisotopic (exact) mass is 275 g/mol. The second-order valence-corrected chi connectivity index (χ2v) is 5.30. The Hall–Kier alpha value is -1.54. The maximum absolute atomic E-state index is 13.6. The summed E-state index contributed by atoms with van der Waals surface area (Å²) in [6.45, 7) is 0.407. The van der Waals surface area contributed by atoms with E-state index in [2.05, 4.69) is 23.5 Å². The van der Waals surface area contributed by atoms with Crippen molar-refractivity contribution in [3.8, 4) is 0 Å². The zero-order chi connectivity index (χ0) is 13.2. The van der Waals surface area contributed by atoms with Gasteiger partial charge in [-0.15, -0.1) is 0 Å². The van der Waals surface area contributed by atoms with Gasteiger partial charge in [0.2, 0.25) is 0 Å². The summed E-state index contributed by atoms with van der Waals surface area (Å²) >= 11 is 6.01. The van der Waals surface area contributed by atoms with E-state index >= 15 is 0 Å². The van der Waals surface area contributed by atoms with E-state index in [9.17, 15) is 4.39 Å². The summed E-state index contributed by atoms with van der Waals surface area (Å²) in [6.07, 6.45) is 3.55. The van der Waals surface area contributed by atoms with Crippen molar-refractivity contribution < 1.29 is 4.39 Å². The predicted octanol–water partition coefficient (Wildman–Crippen LogP) is 4.58. The number of benzene rings is 2. The van der Waals surface area contributed by atoms with Crippen LogP contribution in [-0.4, -0.2) is 0 Å². The van der Waals surface area contributed by atoms with Gasteiger partial charge in [0.25, 0.3) is 0 Å². The number of aryl methyl sites for hydroxylation is 2. The molecule has 98 valence electrons. The van der Waals surface area contributed by atoms with Crippen molar-refractivity contribution in [3.05, 3.63) is 63.9 Å². The van der Waals surface area contributed by atoms with Crippen LogP contribution in [0.1, 0.15) is 23.1 Å². The fourth-order valence-electron chi connectivity index (χ4n) is 2.57. The number of fused-ring (bicyclic) bond motifs is 1. The Morgan fingerprint density at radius 3 is 2.79 bits per heavy atom. The van der Waals surface area contributed by atoms with Gasteiger partial charge in [-0.3, -0.25) is 0 Å². The first-order chi connectivity index (χ1) is 9.24. The topological polar surface area (TPSA) is 12.0 Å². The molecular weight excluding hydrogens is 261 g/mol. The fraction of sp³-hybridized carbons (Fsp3) is 0.250. The molecule has 0 bridgehead atoms. The molecule has 0 spiro atoms. The van der Waals surface area contributed by atoms with Crippen LogP contribution in [0.15, 0.2) is 36.4 Å². The molecule has 0 saturated carbocycles. The quantitative estimate of drug-likeness (QED) is 0.864. The van der Waals surface area contributed by atoms with Crippen molar-refractivity contribution >= 4 is 17.3 Å². The van der Waals surface area contributed by atoms with E-state index in [4.69, 9.17) is 11.6 Å². The lowest BCUT2D eigenvalue weighted by Crippen LogP contribution is -2.03. The molecule has 0 radical (unpaired) electrons. The third kappa shape index (κ3) is 2.59. The van der Waals surface area contributed by atoms with Crippen LogP contribution < -0.4 is 5.32 Å². The molecule has 2 aromatic carbocycles. The molecule has 1 aliphatic rings. The molecule has 1 aliphatic carbocycles. The highest BCUT2D eigenvalue weighted by Crippen LogP contribution is 2.26. The molecule has 1 nitrogen and oxygen atoms in total. The SMILES string of the molecule is Fc1cccc(Cl)c1CNc1ccc2c(c1)CCC2. The molecule has 19 heavy (non-hydrogen) atoms. The Labute approximate surface area is 117 Å². The summed E-state index contributed by atoms with van der Waals surface area (Å²) in [5.41, 5.74) is 4.39. The van der Waals surface area contributed by atoms with Crippen LogP contribution >= 0.6 is 11.6 Å². The van der Waals surface area contributed by atoms with Gasteiger partial charge in [0.15, 0.2) is 0 Å². The summed E-state index contributed by atoms with van der Waals surface area (Å²) in [5.74, 6) is -0.263. The molecule has 0 fully saturated rings. The van der Waals surface area contributed by atoms with Crippen molar-refractivity contribution in [1.29, 1.82) is 0 Å². The number of halogens is 2. The Balaban J connectivity index is 1.76. The molecule has 3 rings (SSSR count). The minimum absolute atomic E-state index is 0.263. The van der Waals surface area contributed by atoms with Gasteiger partial charge in [0, 0.05) is 22.8 Å². The summed E-state index contributed by atoms with van der Waals surface area (Å²) in [5, 5.41) is 3.71. The van der Waals surface area contributed by atoms with E-state index in [1.165, 1.54) is 30.0 Å². The number of hydrogen-bond acceptors (Lipinski definition) is 1. The van der Waals surface area contributed by atoms with Gasteiger partial charge in [-0.1, -0.05) is 23.7 Å². The van der Waals surface area contributed by atoms with Crippen LogP contribution in [0.25, 0.3) is 0 Å². The molecule has 3 heteroatoms. The first kappa shape index (κ1) is 12.5. The standard InChI is InChI=1S/C16H15ClFN/c17-15-5-2-6-16(18)14(15)10-19-13-8-7-11-3-1-4-12(11)9-13/h2,5-9,19H,1,3-4,10H2. The van der Waals surface area contributed by atoms with Crippen molar-refractivity contribution in [1.82, 2.24) is 0 Å². The molecule has 1 N–H and O–H groups in total. The van der Waals surface area contributed by atoms with Gasteiger partial charge < -0.3 is 5.32 Å². The first-order valence-corrected chi connectivity index (χ1v) is 6.90. The van der Waals surface area contributed by atoms with Gasteiger partial charge in [0.05, 0.1) is 0 Å². The fourth-order valence-corrected chi connectivity index (χ4v) is 2.80. The third-order valence-corrected chi connectivity index (χ3v) is 3.98. The molecule has 0 heterocycles. The van der Waals surface area contributed by atoms with E-state index in [1.807, 2.05) is 0 Å². The smallest absolute Gasteiger partial charge is 0.129 e. The van der Waals surface area contributed by atoms with E-state index in [0.29, 0.717) is 17.1 Å². The lowest BCUT2D eigenvalue weighted by molar-refractivity contribution is 0.613. The minimum atomic E-state index is -0.263. The van der Waals surface area contributed by atoms with Gasteiger partial charge >= 0.3 is 0 Å². The number of anilines is 1. The molecule has 0 aromatic heterocycles. The average Bonchev–Trinajstić information content (AvgIpc) is 2.85. The molecule has 0 aliphatic heterocycles. The summed E-state index contributed by atoms with van der Waals surface area (Å²) < 4.78 is 13.6. The van der Waals surface area contributed by atoms with Crippen LogP contribution in [0.3, 0.4) is 0 Å². The lowest BCUT2D eigenvalue weighted by Gasteiger charge is -2.10. The van der Waals surface area contributed by atoms with Crippen LogP contribution in [0, 0.1) is 5.82 Å². The highest BCUT2D eigenvalue weighted by molar-refractivity contribution is 6.31. The van der Waals surface area contributed by atoms with Crippen LogP contribution in [-0.2, 0) is 19.4 Å². The number of rotatable bonds is 3. The minimum Gasteiger partial charge on any atom is -0.381 e. The second-order valence-electron chi connectivity index (χ2n) is 4.89. The summed E-state index contributed by atoms with van der Waals surface area (Å²) in [7, 11) is 0. The van der Waals surface area contributed by atoms with Crippen LogP contribution in [0.4, 0.5) is 10.1 Å². The molecule has 0 amide bonds. The van der Waals surface area contributed by atoms with Crippen molar-refractivity contribution in [2.45, 2.75) is 25.8 Å². The van der Waals surface area contributed by atoms with Gasteiger partial charge in [-0.05, 0) is 54.7 Å². The molecule has 0 saturated heterocycles. The van der Waals surface area contributed by atoms with Crippen LogP contribution in [0.5, 0.6) is 0 Å². The van der Waals surface area contributed by atoms with E-state index in [1.54, 1.807) is 12.1 Å². The van der Waals surface area contributed by atoms with Gasteiger partial charge in [0.1, 0.15) is 5.82 Å². The number of hydrogen-bond donors (Lipinski definition) is 1. The Bertz CT molecular complexity index is 589. The summed E-state index contributed by atoms with van der Waals surface area (Å²) in [6, 6.07) is 11.1. The van der Waals surface area contributed by atoms with E-state index in [-0.39, 0.29) is 5.82 Å². The largest absolute Gasteiger partial charge is 0.381 e. The Morgan fingerprint density at radius 1 is 1.11 bits per heavy atom. The zero-order valence-electron chi connectivity index (χ0n) is 10.5. The van der Waals surface area contributed by atoms with Crippen molar-refractivity contribution in [2.24, 2.45) is 0 Å². The molecule has 0 unspecified atom stereocenters. The summed E-state index contributed by atoms with van der Waals surface area (Å²) in [4.78, 5) is 0. The van der Waals surface area contributed by atoms with Gasteiger partial charge in [-0.2, -0.15) is 0 Å². The third-order valence-electron chi connectivity index (χ3n) is 3.63. The van der Waals surface area contributed by atoms with Crippen molar-refractivity contribution in [3.63, 3.8) is 0 Å². The van der Waals surface area contributed by atoms with E-state index in [0.717, 1.165) is 12.1 Å². The predicted molar refractivity (Wildman–Crippen MR) is 77.2 cm³/mol. The number of nitrogens with one attached hydrogen (secondary N) is 1. The molecule has 2 aromatic rings. The highest BCUT2D eigenvalue weighted by Gasteiger charge is 2.11. The maximum atomic E-state index is 13.6. The molecule has 0 atom stereocenters.